The fourth-order valence-electron chi connectivity index (χ4n) is 2.96. The number of fused-ring (bicyclic) bond motifs is 2. The molecule has 27 heavy (non-hydrogen) atoms. The number of benzene rings is 2. The smallest absolute Gasteiger partial charge is 0.185 e. The lowest BCUT2D eigenvalue weighted by Crippen LogP contribution is -1.96. The summed E-state index contributed by atoms with van der Waals surface area (Å²) >= 11 is 0. The first-order valence-electron chi connectivity index (χ1n) is 8.27. The summed E-state index contributed by atoms with van der Waals surface area (Å²) in [7, 11) is 0. The van der Waals surface area contributed by atoms with Gasteiger partial charge in [0.1, 0.15) is 5.82 Å². The van der Waals surface area contributed by atoms with Crippen LogP contribution < -0.4 is 5.32 Å². The van der Waals surface area contributed by atoms with E-state index in [1.165, 1.54) is 0 Å². The van der Waals surface area contributed by atoms with Gasteiger partial charge in [0.15, 0.2) is 17.9 Å². The molecule has 0 fully saturated rings. The third-order valence-electron chi connectivity index (χ3n) is 4.24. The number of nitrogens with one attached hydrogen (secondary N) is 3. The molecule has 0 atom stereocenters. The zero-order valence-corrected chi connectivity index (χ0v) is 14.0. The van der Waals surface area contributed by atoms with Gasteiger partial charge >= 0.3 is 0 Å². The van der Waals surface area contributed by atoms with Crippen molar-refractivity contribution < 1.29 is 4.79 Å². The van der Waals surface area contributed by atoms with E-state index in [0.29, 0.717) is 23.8 Å². The number of hydrogen-bond donors (Lipinski definition) is 3. The highest BCUT2D eigenvalue weighted by Gasteiger charge is 2.08. The van der Waals surface area contributed by atoms with Gasteiger partial charge in [-0.25, -0.2) is 15.0 Å². The number of nitrogens with zero attached hydrogens (tertiary/aromatic N) is 4. The van der Waals surface area contributed by atoms with Crippen LogP contribution in [0.2, 0.25) is 0 Å². The summed E-state index contributed by atoms with van der Waals surface area (Å²) in [5.74, 6) is 1.56. The molecule has 2 aromatic carbocycles. The van der Waals surface area contributed by atoms with Crippen LogP contribution in [0, 0.1) is 0 Å². The van der Waals surface area contributed by atoms with Crippen molar-refractivity contribution in [1.29, 1.82) is 0 Å². The van der Waals surface area contributed by atoms with Crippen LogP contribution in [0.4, 0.5) is 11.5 Å². The highest BCUT2D eigenvalue weighted by Crippen LogP contribution is 2.23. The number of anilines is 2. The minimum Gasteiger partial charge on any atom is -0.340 e. The van der Waals surface area contributed by atoms with Gasteiger partial charge in [0.2, 0.25) is 0 Å². The van der Waals surface area contributed by atoms with Crippen LogP contribution in [0.25, 0.3) is 33.3 Å². The van der Waals surface area contributed by atoms with Crippen LogP contribution in [-0.2, 0) is 0 Å². The second kappa shape index (κ2) is 6.03. The largest absolute Gasteiger partial charge is 0.340 e. The Morgan fingerprint density at radius 3 is 2.89 bits per heavy atom. The maximum absolute atomic E-state index is 10.9. The van der Waals surface area contributed by atoms with Crippen molar-refractivity contribution in [3.63, 3.8) is 0 Å². The molecule has 5 rings (SSSR count). The number of aromatic nitrogens is 6. The van der Waals surface area contributed by atoms with E-state index in [-0.39, 0.29) is 0 Å². The van der Waals surface area contributed by atoms with E-state index in [1.807, 2.05) is 42.5 Å². The first kappa shape index (κ1) is 15.2. The normalized spacial score (nSPS) is 11.1. The Hall–Kier alpha value is -4.07. The first-order valence-corrected chi connectivity index (χ1v) is 8.27. The number of aldehydes is 1. The summed E-state index contributed by atoms with van der Waals surface area (Å²) in [6.07, 6.45) is 4.17. The number of carbonyl (C=O) groups excluding carboxylic acids is 1. The molecule has 0 bridgehead atoms. The number of hydrogen-bond acceptors (Lipinski definition) is 6. The topological polar surface area (TPSA) is 112 Å². The van der Waals surface area contributed by atoms with Crippen molar-refractivity contribution in [2.45, 2.75) is 0 Å². The Labute approximate surface area is 152 Å². The van der Waals surface area contributed by atoms with Gasteiger partial charge in [0, 0.05) is 22.8 Å². The van der Waals surface area contributed by atoms with Gasteiger partial charge < -0.3 is 10.3 Å². The Kier molecular flexibility index (Phi) is 3.39. The van der Waals surface area contributed by atoms with E-state index >= 15 is 0 Å². The van der Waals surface area contributed by atoms with E-state index in [9.17, 15) is 4.79 Å². The van der Waals surface area contributed by atoms with Crippen LogP contribution in [0.1, 0.15) is 10.6 Å². The van der Waals surface area contributed by atoms with E-state index in [4.69, 9.17) is 0 Å². The standard InChI is InChI=1S/C19H13N7O/c27-10-18-23-15-3-1-11(8-16(15)24-18)19-20-6-5-17(25-19)22-13-2-4-14-12(7-13)9-21-26-14/h1-10H,(H,21,26)(H,23,24)(H,20,22,25). The maximum atomic E-state index is 10.9. The molecule has 0 aliphatic carbocycles. The van der Waals surface area contributed by atoms with Gasteiger partial charge in [-0.2, -0.15) is 5.10 Å². The summed E-state index contributed by atoms with van der Waals surface area (Å²) in [4.78, 5) is 27.0. The van der Waals surface area contributed by atoms with Crippen molar-refractivity contribution in [2.75, 3.05) is 5.32 Å². The molecular formula is C19H13N7O. The molecule has 0 unspecified atom stereocenters. The van der Waals surface area contributed by atoms with Crippen LogP contribution in [0.15, 0.2) is 54.9 Å². The van der Waals surface area contributed by atoms with Crippen LogP contribution >= 0.6 is 0 Å². The van der Waals surface area contributed by atoms with Crippen LogP contribution in [0.5, 0.6) is 0 Å². The van der Waals surface area contributed by atoms with Crippen molar-refractivity contribution in [3.05, 3.63) is 60.7 Å². The average Bonchev–Trinajstić information content (AvgIpc) is 3.33. The number of carbonyl (C=O) groups is 1. The van der Waals surface area contributed by atoms with Crippen molar-refractivity contribution in [3.8, 4) is 11.4 Å². The van der Waals surface area contributed by atoms with Crippen molar-refractivity contribution in [2.24, 2.45) is 0 Å². The molecule has 0 spiro atoms. The summed E-state index contributed by atoms with van der Waals surface area (Å²) in [5, 5.41) is 11.3. The quantitative estimate of drug-likeness (QED) is 0.426. The summed E-state index contributed by atoms with van der Waals surface area (Å²) in [6, 6.07) is 13.3. The Balaban J connectivity index is 1.48. The molecule has 0 aliphatic rings. The van der Waals surface area contributed by atoms with Crippen molar-refractivity contribution in [1.82, 2.24) is 30.1 Å². The Morgan fingerprint density at radius 2 is 1.96 bits per heavy atom. The lowest BCUT2D eigenvalue weighted by Gasteiger charge is -2.07. The zero-order chi connectivity index (χ0) is 18.2. The molecular weight excluding hydrogens is 342 g/mol. The van der Waals surface area contributed by atoms with E-state index < -0.39 is 0 Å². The molecule has 8 nitrogen and oxygen atoms in total. The lowest BCUT2D eigenvalue weighted by atomic mass is 10.2. The second-order valence-electron chi connectivity index (χ2n) is 6.03. The fraction of sp³-hybridized carbons (Fsp3) is 0. The Morgan fingerprint density at radius 1 is 1.00 bits per heavy atom. The number of imidazole rings is 1. The molecule has 0 saturated heterocycles. The van der Waals surface area contributed by atoms with Gasteiger partial charge in [-0.05, 0) is 42.5 Å². The van der Waals surface area contributed by atoms with Crippen LogP contribution in [-0.4, -0.2) is 36.4 Å². The Bertz CT molecular complexity index is 1290. The van der Waals surface area contributed by atoms with Gasteiger partial charge in [-0.15, -0.1) is 0 Å². The molecule has 130 valence electrons. The van der Waals surface area contributed by atoms with Gasteiger partial charge in [0.05, 0.1) is 22.7 Å². The summed E-state index contributed by atoms with van der Waals surface area (Å²) in [5.41, 5.74) is 4.21. The number of H-pyrrole nitrogens is 2. The highest BCUT2D eigenvalue weighted by atomic mass is 16.1. The predicted molar refractivity (Wildman–Crippen MR) is 102 cm³/mol. The minimum atomic E-state index is 0.299. The molecule has 0 aliphatic heterocycles. The SMILES string of the molecule is O=Cc1nc2ccc(-c3nccc(Nc4ccc5[nH]ncc5c4)n3)cc2[nH]1. The van der Waals surface area contributed by atoms with Gasteiger partial charge in [-0.3, -0.25) is 9.89 Å². The molecule has 8 heteroatoms. The molecule has 3 N–H and O–H groups in total. The molecule has 0 saturated carbocycles. The zero-order valence-electron chi connectivity index (χ0n) is 14.0. The third-order valence-corrected chi connectivity index (χ3v) is 4.24. The fourth-order valence-corrected chi connectivity index (χ4v) is 2.96. The number of rotatable bonds is 4. The molecule has 0 amide bonds. The number of aromatic amines is 2. The molecule has 0 radical (unpaired) electrons. The lowest BCUT2D eigenvalue weighted by molar-refractivity contribution is 0.111. The van der Waals surface area contributed by atoms with E-state index in [2.05, 4.69) is 35.5 Å². The second-order valence-corrected chi connectivity index (χ2v) is 6.03. The van der Waals surface area contributed by atoms with Gasteiger partial charge in [0.25, 0.3) is 0 Å². The summed E-state index contributed by atoms with van der Waals surface area (Å²) < 4.78 is 0. The van der Waals surface area contributed by atoms with Gasteiger partial charge in [-0.1, -0.05) is 0 Å². The summed E-state index contributed by atoms with van der Waals surface area (Å²) in [6.45, 7) is 0. The first-order chi connectivity index (χ1) is 13.3. The van der Waals surface area contributed by atoms with Crippen molar-refractivity contribution >= 4 is 39.7 Å². The monoisotopic (exact) mass is 355 g/mol. The van der Waals surface area contributed by atoms with Crippen LogP contribution in [0.3, 0.4) is 0 Å². The third kappa shape index (κ3) is 2.78. The predicted octanol–water partition coefficient (Wildman–Crippen LogP) is 3.45. The average molecular weight is 355 g/mol. The maximum Gasteiger partial charge on any atom is 0.185 e. The van der Waals surface area contributed by atoms with E-state index in [0.717, 1.165) is 33.2 Å². The minimum absolute atomic E-state index is 0.299. The molecule has 3 aromatic heterocycles. The van der Waals surface area contributed by atoms with E-state index in [1.54, 1.807) is 12.4 Å². The molecule has 5 aromatic rings. The highest BCUT2D eigenvalue weighted by molar-refractivity contribution is 5.85. The molecule has 3 heterocycles.